The lowest BCUT2D eigenvalue weighted by molar-refractivity contribution is -0.166. The molecule has 0 saturated carbocycles. The van der Waals surface area contributed by atoms with Crippen LogP contribution in [-0.2, 0) is 20.7 Å². The summed E-state index contributed by atoms with van der Waals surface area (Å²) in [6.07, 6.45) is 1.05. The van der Waals surface area contributed by atoms with Gasteiger partial charge >= 0.3 is 5.97 Å². The average Bonchev–Trinajstić information content (AvgIpc) is 3.10. The number of benzene rings is 2. The Bertz CT molecular complexity index is 1110. The van der Waals surface area contributed by atoms with Crippen LogP contribution in [0.4, 0.5) is 0 Å². The molecule has 1 aromatic heterocycles. The highest BCUT2D eigenvalue weighted by molar-refractivity contribution is 5.95. The van der Waals surface area contributed by atoms with Gasteiger partial charge in [-0.25, -0.2) is 9.78 Å². The quantitative estimate of drug-likeness (QED) is 0.501. The number of oxazole rings is 1. The van der Waals surface area contributed by atoms with Crippen LogP contribution in [0.3, 0.4) is 0 Å². The Morgan fingerprint density at radius 1 is 1.23 bits per heavy atom. The molecule has 31 heavy (non-hydrogen) atoms. The second kappa shape index (κ2) is 8.35. The number of esters is 1. The Balaban J connectivity index is 1.94. The van der Waals surface area contributed by atoms with E-state index in [0.29, 0.717) is 22.6 Å². The molecule has 0 N–H and O–H groups in total. The van der Waals surface area contributed by atoms with Crippen molar-refractivity contribution in [1.82, 2.24) is 4.98 Å². The lowest BCUT2D eigenvalue weighted by atomic mass is 9.92. The zero-order chi connectivity index (χ0) is 22.2. The summed E-state index contributed by atoms with van der Waals surface area (Å²) in [5, 5.41) is 0. The minimum absolute atomic E-state index is 0.277. The average molecular weight is 424 g/mol. The first-order valence-corrected chi connectivity index (χ1v) is 10.8. The highest BCUT2D eigenvalue weighted by Crippen LogP contribution is 2.40. The molecule has 1 atom stereocenters. The molecule has 0 radical (unpaired) electrons. The predicted octanol–water partition coefficient (Wildman–Crippen LogP) is 5.55. The standard InChI is InChI=1S/C25H29NO5/c1-6-28-24(27)23(31-25(3,4)5)18-10-12-20-22(26-15(2)30-20)21(18)17-9-11-19-16(14-17)8-7-13-29-19/h9-12,14,23H,6-8,13H2,1-5H3. The first kappa shape index (κ1) is 21.4. The van der Waals surface area contributed by atoms with Crippen LogP contribution >= 0.6 is 0 Å². The van der Waals surface area contributed by atoms with Crippen molar-refractivity contribution in [2.24, 2.45) is 0 Å². The lowest BCUT2D eigenvalue weighted by Crippen LogP contribution is -2.29. The van der Waals surface area contributed by atoms with Gasteiger partial charge < -0.3 is 18.6 Å². The molecule has 6 nitrogen and oxygen atoms in total. The van der Waals surface area contributed by atoms with E-state index in [2.05, 4.69) is 11.1 Å². The van der Waals surface area contributed by atoms with E-state index in [0.717, 1.165) is 41.9 Å². The van der Waals surface area contributed by atoms with Crippen molar-refractivity contribution in [3.63, 3.8) is 0 Å². The van der Waals surface area contributed by atoms with Gasteiger partial charge in [-0.15, -0.1) is 0 Å². The molecular weight excluding hydrogens is 394 g/mol. The number of aromatic nitrogens is 1. The maximum absolute atomic E-state index is 13.0. The molecule has 0 saturated heterocycles. The number of fused-ring (bicyclic) bond motifs is 2. The summed E-state index contributed by atoms with van der Waals surface area (Å²) in [5.74, 6) is 1.06. The smallest absolute Gasteiger partial charge is 0.339 e. The van der Waals surface area contributed by atoms with Crippen molar-refractivity contribution in [3.05, 3.63) is 47.3 Å². The molecule has 2 heterocycles. The Hall–Kier alpha value is -2.86. The third-order valence-electron chi connectivity index (χ3n) is 5.15. The maximum atomic E-state index is 13.0. The molecule has 4 rings (SSSR count). The lowest BCUT2D eigenvalue weighted by Gasteiger charge is -2.28. The topological polar surface area (TPSA) is 70.8 Å². The van der Waals surface area contributed by atoms with Crippen molar-refractivity contribution >= 4 is 17.1 Å². The molecule has 1 aliphatic heterocycles. The molecule has 3 aromatic rings. The van der Waals surface area contributed by atoms with E-state index in [1.54, 1.807) is 6.92 Å². The Morgan fingerprint density at radius 3 is 2.77 bits per heavy atom. The molecule has 6 heteroatoms. The summed E-state index contributed by atoms with van der Waals surface area (Å²) in [6, 6.07) is 9.84. The first-order chi connectivity index (χ1) is 14.8. The molecule has 2 aromatic carbocycles. The van der Waals surface area contributed by atoms with Gasteiger partial charge in [-0.2, -0.15) is 0 Å². The van der Waals surface area contributed by atoms with Crippen molar-refractivity contribution < 1.29 is 23.4 Å². The Kier molecular flexibility index (Phi) is 5.75. The number of ether oxygens (including phenoxy) is 3. The van der Waals surface area contributed by atoms with Gasteiger partial charge in [0.25, 0.3) is 0 Å². The van der Waals surface area contributed by atoms with Crippen LogP contribution in [0.1, 0.15) is 57.2 Å². The largest absolute Gasteiger partial charge is 0.493 e. The van der Waals surface area contributed by atoms with Crippen LogP contribution in [0.5, 0.6) is 5.75 Å². The number of hydrogen-bond donors (Lipinski definition) is 0. The molecule has 0 amide bonds. The molecular formula is C25H29NO5. The van der Waals surface area contributed by atoms with Crippen LogP contribution in [-0.4, -0.2) is 29.8 Å². The Labute approximate surface area is 182 Å². The van der Waals surface area contributed by atoms with Crippen LogP contribution in [0.25, 0.3) is 22.2 Å². The minimum Gasteiger partial charge on any atom is -0.493 e. The van der Waals surface area contributed by atoms with E-state index >= 15 is 0 Å². The zero-order valence-electron chi connectivity index (χ0n) is 18.8. The van der Waals surface area contributed by atoms with Gasteiger partial charge in [-0.3, -0.25) is 0 Å². The molecule has 0 spiro atoms. The molecule has 0 fully saturated rings. The van der Waals surface area contributed by atoms with Crippen LogP contribution < -0.4 is 4.74 Å². The Morgan fingerprint density at radius 2 is 2.03 bits per heavy atom. The fraction of sp³-hybridized carbons (Fsp3) is 0.440. The maximum Gasteiger partial charge on any atom is 0.339 e. The first-order valence-electron chi connectivity index (χ1n) is 10.8. The summed E-state index contributed by atoms with van der Waals surface area (Å²) in [6.45, 7) is 10.4. The van der Waals surface area contributed by atoms with E-state index in [9.17, 15) is 4.79 Å². The highest BCUT2D eigenvalue weighted by Gasteiger charge is 2.32. The molecule has 164 valence electrons. The van der Waals surface area contributed by atoms with Crippen LogP contribution in [0.2, 0.25) is 0 Å². The second-order valence-electron chi connectivity index (χ2n) is 8.75. The normalized spacial score (nSPS) is 14.7. The second-order valence-corrected chi connectivity index (χ2v) is 8.75. The van der Waals surface area contributed by atoms with Crippen LogP contribution in [0.15, 0.2) is 34.7 Å². The molecule has 0 aliphatic carbocycles. The fourth-order valence-electron chi connectivity index (χ4n) is 3.97. The minimum atomic E-state index is -0.886. The summed E-state index contributed by atoms with van der Waals surface area (Å²) < 4.78 is 23.2. The number of rotatable bonds is 5. The predicted molar refractivity (Wildman–Crippen MR) is 118 cm³/mol. The van der Waals surface area contributed by atoms with Gasteiger partial charge in [-0.1, -0.05) is 12.1 Å². The molecule has 1 aliphatic rings. The molecule has 1 unspecified atom stereocenters. The fourth-order valence-corrected chi connectivity index (χ4v) is 3.97. The summed E-state index contributed by atoms with van der Waals surface area (Å²) in [7, 11) is 0. The van der Waals surface area contributed by atoms with Crippen molar-refractivity contribution in [2.45, 2.75) is 59.2 Å². The third-order valence-corrected chi connectivity index (χ3v) is 5.15. The number of carbonyl (C=O) groups is 1. The van der Waals surface area contributed by atoms with Crippen molar-refractivity contribution in [1.29, 1.82) is 0 Å². The van der Waals surface area contributed by atoms with E-state index < -0.39 is 17.7 Å². The number of hydrogen-bond acceptors (Lipinski definition) is 6. The summed E-state index contributed by atoms with van der Waals surface area (Å²) in [5.41, 5.74) is 4.46. The van der Waals surface area contributed by atoms with E-state index in [-0.39, 0.29) is 6.61 Å². The zero-order valence-corrected chi connectivity index (χ0v) is 18.8. The van der Waals surface area contributed by atoms with E-state index in [1.165, 1.54) is 0 Å². The number of nitrogens with zero attached hydrogens (tertiary/aromatic N) is 1. The third kappa shape index (κ3) is 4.44. The van der Waals surface area contributed by atoms with E-state index in [4.69, 9.17) is 18.6 Å². The van der Waals surface area contributed by atoms with Crippen molar-refractivity contribution in [2.75, 3.05) is 13.2 Å². The van der Waals surface area contributed by atoms with Crippen molar-refractivity contribution in [3.8, 4) is 16.9 Å². The van der Waals surface area contributed by atoms with Gasteiger partial charge in [0.05, 0.1) is 18.8 Å². The van der Waals surface area contributed by atoms with Gasteiger partial charge in [-0.05, 0) is 69.9 Å². The highest BCUT2D eigenvalue weighted by atomic mass is 16.6. The van der Waals surface area contributed by atoms with Gasteiger partial charge in [0.2, 0.25) is 0 Å². The molecule has 0 bridgehead atoms. The summed E-state index contributed by atoms with van der Waals surface area (Å²) in [4.78, 5) is 17.6. The number of aryl methyl sites for hydroxylation is 2. The van der Waals surface area contributed by atoms with E-state index in [1.807, 2.05) is 52.0 Å². The number of carbonyl (C=O) groups excluding carboxylic acids is 1. The monoisotopic (exact) mass is 423 g/mol. The summed E-state index contributed by atoms with van der Waals surface area (Å²) >= 11 is 0. The van der Waals surface area contributed by atoms with Gasteiger partial charge in [0, 0.05) is 18.1 Å². The van der Waals surface area contributed by atoms with Crippen LogP contribution in [0, 0.1) is 6.92 Å². The van der Waals surface area contributed by atoms with Gasteiger partial charge in [0.15, 0.2) is 17.6 Å². The SMILES string of the molecule is CCOC(=O)C(OC(C)(C)C)c1ccc2oc(C)nc2c1-c1ccc2c(c1)CCCO2. The van der Waals surface area contributed by atoms with Gasteiger partial charge in [0.1, 0.15) is 11.3 Å².